The molecule has 0 aliphatic heterocycles. The Morgan fingerprint density at radius 2 is 1.68 bits per heavy atom. The van der Waals surface area contributed by atoms with Gasteiger partial charge in [-0.25, -0.2) is 14.8 Å². The molecule has 0 fully saturated rings. The van der Waals surface area contributed by atoms with Gasteiger partial charge in [0.05, 0.1) is 19.1 Å². The first-order valence-electron chi connectivity index (χ1n) is 18.5. The zero-order chi connectivity index (χ0) is 40.3. The minimum absolute atomic E-state index is 0.0945. The van der Waals surface area contributed by atoms with E-state index in [9.17, 15) is 14.4 Å². The molecule has 3 heterocycles. The molecule has 6 rings (SSSR count). The number of nitrogens with two attached hydrogens (primary N) is 2. The molecule has 0 saturated heterocycles. The highest BCUT2D eigenvalue weighted by atomic mass is 16.6. The van der Waals surface area contributed by atoms with E-state index in [1.807, 2.05) is 68.4 Å². The van der Waals surface area contributed by atoms with Gasteiger partial charge in [0.2, 0.25) is 11.8 Å². The van der Waals surface area contributed by atoms with Crippen molar-refractivity contribution in [3.05, 3.63) is 131 Å². The third kappa shape index (κ3) is 10.6. The highest BCUT2D eigenvalue weighted by Gasteiger charge is 2.32. The van der Waals surface area contributed by atoms with Crippen molar-refractivity contribution in [1.82, 2.24) is 40.3 Å². The minimum atomic E-state index is -1.29. The number of ether oxygens (including phenoxy) is 2. The number of amides is 3. The summed E-state index contributed by atoms with van der Waals surface area (Å²) in [5, 5.41) is 10.1. The predicted molar refractivity (Wildman–Crippen MR) is 211 cm³/mol. The molecule has 3 aromatic carbocycles. The van der Waals surface area contributed by atoms with Gasteiger partial charge in [0.15, 0.2) is 17.9 Å². The summed E-state index contributed by atoms with van der Waals surface area (Å²) in [6.45, 7) is 4.21. The number of methoxy groups -OCH3 is 1. The number of carbonyl (C=O) groups is 3. The second kappa shape index (κ2) is 18.6. The molecule has 7 N–H and O–H groups in total. The van der Waals surface area contributed by atoms with Crippen LogP contribution in [0.25, 0.3) is 11.1 Å². The Morgan fingerprint density at radius 3 is 2.33 bits per heavy atom. The monoisotopic (exact) mass is 774 g/mol. The molecular formula is C41H46N10O6. The van der Waals surface area contributed by atoms with Gasteiger partial charge in [0.25, 0.3) is 5.91 Å². The molecule has 0 unspecified atom stereocenters. The first-order chi connectivity index (χ1) is 27.6. The molecule has 16 nitrogen and oxygen atoms in total. The maximum absolute atomic E-state index is 14.4. The van der Waals surface area contributed by atoms with Crippen molar-refractivity contribution in [1.29, 1.82) is 0 Å². The average Bonchev–Trinajstić information content (AvgIpc) is 3.99. The van der Waals surface area contributed by atoms with Gasteiger partial charge in [-0.15, -0.1) is 0 Å². The number of aromatic amines is 1. The summed E-state index contributed by atoms with van der Waals surface area (Å²) in [7, 11) is 1.58. The van der Waals surface area contributed by atoms with Crippen LogP contribution in [0.15, 0.2) is 96.2 Å². The number of hydrogen-bond donors (Lipinski definition) is 5. The molecule has 0 radical (unpaired) electrons. The third-order valence-electron chi connectivity index (χ3n) is 9.60. The number of nitrogen functional groups attached to an aromatic ring is 1. The van der Waals surface area contributed by atoms with Gasteiger partial charge < -0.3 is 45.6 Å². The fourth-order valence-electron chi connectivity index (χ4n) is 6.63. The molecule has 6 aromatic rings. The molecule has 16 heteroatoms. The van der Waals surface area contributed by atoms with Crippen LogP contribution in [0.5, 0.6) is 5.75 Å². The Hall–Kier alpha value is -6.97. The SMILES string of the molecule is COc1cc(C)c(C[C@H](NC(=O)[C@@H](CCCn2ccnc2N)OC(N)=O)C(=O)N[C@@H](Cc2c[nH]cn2)c2nc(Cc3ccc(-c4ccccc4)cc3)no2)c(C)c1. The Bertz CT molecular complexity index is 2230. The van der Waals surface area contributed by atoms with Crippen LogP contribution >= 0.6 is 0 Å². The average molecular weight is 775 g/mol. The quantitative estimate of drug-likeness (QED) is 0.0815. The standard InChI is InChI=1S/C41H46N10O6/c1-25-18-31(55-3)19-26(2)32(25)22-33(47-38(53)35(56-41(43)54)10-7-16-51-17-15-45-40(51)42)37(52)48-34(21-30-23-44-24-46-30)39-49-36(50-57-39)20-27-11-13-29(14-12-27)28-8-5-4-6-9-28/h4-6,8-9,11-15,17-19,23-24,33-35H,7,10,16,20-22H2,1-3H3,(H2,42,45)(H2,43,54)(H,44,46)(H,47,53)(H,48,52)/t33-,34-,35+/m0/s1. The Labute approximate surface area is 329 Å². The molecule has 3 amide bonds. The van der Waals surface area contributed by atoms with E-state index >= 15 is 0 Å². The summed E-state index contributed by atoms with van der Waals surface area (Å²) >= 11 is 0. The van der Waals surface area contributed by atoms with Crippen LogP contribution in [0.3, 0.4) is 0 Å². The summed E-state index contributed by atoms with van der Waals surface area (Å²) in [4.78, 5) is 56.2. The zero-order valence-corrected chi connectivity index (χ0v) is 32.0. The smallest absolute Gasteiger partial charge is 0.405 e. The van der Waals surface area contributed by atoms with Gasteiger partial charge in [-0.05, 0) is 72.2 Å². The molecule has 0 bridgehead atoms. The maximum atomic E-state index is 14.4. The molecular weight excluding hydrogens is 729 g/mol. The number of primary amides is 1. The van der Waals surface area contributed by atoms with Crippen LogP contribution in [0, 0.1) is 13.8 Å². The van der Waals surface area contributed by atoms with Crippen molar-refractivity contribution >= 4 is 23.9 Å². The number of imidazole rings is 2. The van der Waals surface area contributed by atoms with Crippen LogP contribution in [-0.4, -0.2) is 66.8 Å². The van der Waals surface area contributed by atoms with E-state index in [0.29, 0.717) is 42.6 Å². The number of H-pyrrole nitrogens is 1. The Balaban J connectivity index is 1.23. The number of aromatic nitrogens is 6. The van der Waals surface area contributed by atoms with Crippen molar-refractivity contribution in [2.24, 2.45) is 5.73 Å². The Morgan fingerprint density at radius 1 is 0.947 bits per heavy atom. The van der Waals surface area contributed by atoms with E-state index in [2.05, 4.69) is 47.9 Å². The van der Waals surface area contributed by atoms with Crippen molar-refractivity contribution in [3.8, 4) is 16.9 Å². The number of benzene rings is 3. The zero-order valence-electron chi connectivity index (χ0n) is 32.0. The van der Waals surface area contributed by atoms with E-state index < -0.39 is 36.1 Å². The fraction of sp³-hybridized carbons (Fsp3) is 0.293. The fourth-order valence-corrected chi connectivity index (χ4v) is 6.63. The number of hydrogen-bond acceptors (Lipinski definition) is 11. The van der Waals surface area contributed by atoms with Crippen molar-refractivity contribution in [3.63, 3.8) is 0 Å². The minimum Gasteiger partial charge on any atom is -0.497 e. The van der Waals surface area contributed by atoms with E-state index in [0.717, 1.165) is 33.4 Å². The molecule has 57 heavy (non-hydrogen) atoms. The van der Waals surface area contributed by atoms with E-state index in [4.69, 9.17) is 25.5 Å². The van der Waals surface area contributed by atoms with Crippen LogP contribution in [-0.2, 0) is 40.1 Å². The van der Waals surface area contributed by atoms with Gasteiger partial charge in [0, 0.05) is 44.4 Å². The second-order valence-electron chi connectivity index (χ2n) is 13.7. The third-order valence-corrected chi connectivity index (χ3v) is 9.60. The van der Waals surface area contributed by atoms with Crippen molar-refractivity contribution in [2.45, 2.75) is 70.7 Å². The van der Waals surface area contributed by atoms with Gasteiger partial charge in [-0.2, -0.15) is 4.98 Å². The van der Waals surface area contributed by atoms with Crippen LogP contribution < -0.4 is 26.8 Å². The van der Waals surface area contributed by atoms with E-state index in [-0.39, 0.29) is 25.2 Å². The van der Waals surface area contributed by atoms with Crippen molar-refractivity contribution < 1.29 is 28.4 Å². The van der Waals surface area contributed by atoms with Crippen molar-refractivity contribution in [2.75, 3.05) is 12.8 Å². The number of aryl methyl sites for hydroxylation is 3. The molecule has 296 valence electrons. The molecule has 3 aromatic heterocycles. The largest absolute Gasteiger partial charge is 0.497 e. The number of carbonyl (C=O) groups excluding carboxylic acids is 3. The Kier molecular flexibility index (Phi) is 12.9. The summed E-state index contributed by atoms with van der Waals surface area (Å²) in [5.74, 6) is 0.321. The van der Waals surface area contributed by atoms with Gasteiger partial charge in [0.1, 0.15) is 17.8 Å². The summed E-state index contributed by atoms with van der Waals surface area (Å²) in [6, 6.07) is 19.9. The molecule has 0 aliphatic rings. The lowest BCUT2D eigenvalue weighted by molar-refractivity contribution is -0.134. The summed E-state index contributed by atoms with van der Waals surface area (Å²) in [5.41, 5.74) is 17.6. The number of rotatable bonds is 18. The first-order valence-corrected chi connectivity index (χ1v) is 18.5. The second-order valence-corrected chi connectivity index (χ2v) is 13.7. The predicted octanol–water partition coefficient (Wildman–Crippen LogP) is 4.53. The normalized spacial score (nSPS) is 12.7. The highest BCUT2D eigenvalue weighted by molar-refractivity contribution is 5.90. The van der Waals surface area contributed by atoms with Gasteiger partial charge >= 0.3 is 6.09 Å². The molecule has 0 spiro atoms. The molecule has 3 atom stereocenters. The highest BCUT2D eigenvalue weighted by Crippen LogP contribution is 2.25. The van der Waals surface area contributed by atoms with Crippen LogP contribution in [0.1, 0.15) is 58.5 Å². The summed E-state index contributed by atoms with van der Waals surface area (Å²) < 4.78 is 18.1. The first kappa shape index (κ1) is 39.7. The lowest BCUT2D eigenvalue weighted by atomic mass is 9.95. The number of nitrogens with zero attached hydrogens (tertiary/aromatic N) is 5. The van der Waals surface area contributed by atoms with Gasteiger partial charge in [-0.3, -0.25) is 9.59 Å². The molecule has 0 aliphatic carbocycles. The number of nitrogens with one attached hydrogen (secondary N) is 3. The van der Waals surface area contributed by atoms with E-state index in [1.54, 1.807) is 30.3 Å². The summed E-state index contributed by atoms with van der Waals surface area (Å²) in [6.07, 6.45) is 5.27. The maximum Gasteiger partial charge on any atom is 0.405 e. The van der Waals surface area contributed by atoms with Crippen LogP contribution in [0.2, 0.25) is 0 Å². The van der Waals surface area contributed by atoms with Gasteiger partial charge in [-0.1, -0.05) is 59.8 Å². The van der Waals surface area contributed by atoms with Crippen LogP contribution in [0.4, 0.5) is 10.7 Å². The lowest BCUT2D eigenvalue weighted by Gasteiger charge is -2.25. The lowest BCUT2D eigenvalue weighted by Crippen LogP contribution is -2.52. The van der Waals surface area contributed by atoms with E-state index in [1.165, 1.54) is 6.33 Å². The topological polar surface area (TPSA) is 231 Å². The molecule has 0 saturated carbocycles. The number of anilines is 1.